The highest BCUT2D eigenvalue weighted by Crippen LogP contribution is 2.43. The average molecular weight is 448 g/mol. The fraction of sp³-hybridized carbons (Fsp3) is 0.120. The summed E-state index contributed by atoms with van der Waals surface area (Å²) in [5.41, 5.74) is 4.60. The Kier molecular flexibility index (Phi) is 5.15. The van der Waals surface area contributed by atoms with Crippen LogP contribution in [0.4, 0.5) is 4.39 Å². The van der Waals surface area contributed by atoms with Crippen LogP contribution in [0.3, 0.4) is 0 Å². The minimum atomic E-state index is -0.363. The molecule has 0 bridgehead atoms. The molecule has 1 aliphatic heterocycles. The third-order valence-corrected chi connectivity index (χ3v) is 5.93. The Labute approximate surface area is 189 Å². The first-order valence-corrected chi connectivity index (χ1v) is 10.5. The largest absolute Gasteiger partial charge is 0.497 e. The van der Waals surface area contributed by atoms with Gasteiger partial charge in [0.25, 0.3) is 5.91 Å². The first-order valence-electron chi connectivity index (χ1n) is 10.1. The summed E-state index contributed by atoms with van der Waals surface area (Å²) in [5.74, 6) is 0.263. The number of benzene rings is 3. The number of aromatic amines is 1. The molecule has 1 amide bonds. The quantitative estimate of drug-likeness (QED) is 0.431. The second-order valence-electron chi connectivity index (χ2n) is 7.60. The van der Waals surface area contributed by atoms with Crippen molar-refractivity contribution in [3.05, 3.63) is 106 Å². The van der Waals surface area contributed by atoms with E-state index < -0.39 is 0 Å². The number of rotatable bonds is 5. The first-order chi connectivity index (χ1) is 15.5. The van der Waals surface area contributed by atoms with Crippen LogP contribution in [0.5, 0.6) is 5.75 Å². The summed E-state index contributed by atoms with van der Waals surface area (Å²) in [5, 5.41) is 8.02. The molecule has 32 heavy (non-hydrogen) atoms. The fourth-order valence-electron chi connectivity index (χ4n) is 4.11. The Balaban J connectivity index is 1.62. The van der Waals surface area contributed by atoms with Crippen molar-refractivity contribution in [3.8, 4) is 17.0 Å². The predicted molar refractivity (Wildman–Crippen MR) is 120 cm³/mol. The van der Waals surface area contributed by atoms with Gasteiger partial charge in [0.1, 0.15) is 17.3 Å². The van der Waals surface area contributed by atoms with Gasteiger partial charge in [-0.15, -0.1) is 0 Å². The highest BCUT2D eigenvalue weighted by molar-refractivity contribution is 6.30. The normalized spacial score (nSPS) is 15.2. The van der Waals surface area contributed by atoms with Crippen molar-refractivity contribution < 1.29 is 13.9 Å². The highest BCUT2D eigenvalue weighted by Gasteiger charge is 2.42. The summed E-state index contributed by atoms with van der Waals surface area (Å²) in [6.45, 7) is 0.332. The Morgan fingerprint density at radius 3 is 2.38 bits per heavy atom. The van der Waals surface area contributed by atoms with Crippen LogP contribution in [0, 0.1) is 5.82 Å². The number of nitrogens with one attached hydrogen (secondary N) is 1. The van der Waals surface area contributed by atoms with Crippen LogP contribution in [0.2, 0.25) is 5.02 Å². The molecule has 5 nitrogen and oxygen atoms in total. The van der Waals surface area contributed by atoms with E-state index in [1.165, 1.54) is 12.1 Å². The van der Waals surface area contributed by atoms with E-state index in [1.807, 2.05) is 36.4 Å². The monoisotopic (exact) mass is 447 g/mol. The van der Waals surface area contributed by atoms with Crippen molar-refractivity contribution in [1.82, 2.24) is 15.1 Å². The lowest BCUT2D eigenvalue weighted by molar-refractivity contribution is 0.0730. The van der Waals surface area contributed by atoms with Crippen LogP contribution in [0.25, 0.3) is 11.3 Å². The van der Waals surface area contributed by atoms with Gasteiger partial charge >= 0.3 is 0 Å². The number of H-pyrrole nitrogens is 1. The summed E-state index contributed by atoms with van der Waals surface area (Å²) in [6, 6.07) is 20.8. The minimum Gasteiger partial charge on any atom is -0.497 e. The van der Waals surface area contributed by atoms with Gasteiger partial charge in [-0.25, -0.2) is 4.39 Å². The number of halogens is 2. The molecule has 0 fully saturated rings. The fourth-order valence-corrected chi connectivity index (χ4v) is 4.23. The predicted octanol–water partition coefficient (Wildman–Crippen LogP) is 5.62. The molecule has 7 heteroatoms. The maximum absolute atomic E-state index is 13.4. The number of carbonyl (C=O) groups is 1. The molecule has 3 aromatic carbocycles. The van der Waals surface area contributed by atoms with Gasteiger partial charge in [0.05, 0.1) is 18.8 Å². The number of nitrogens with zero attached hydrogens (tertiary/aromatic N) is 2. The van der Waals surface area contributed by atoms with Crippen molar-refractivity contribution in [3.63, 3.8) is 0 Å². The van der Waals surface area contributed by atoms with Gasteiger partial charge in [-0.1, -0.05) is 48.0 Å². The van der Waals surface area contributed by atoms with E-state index in [-0.39, 0.29) is 17.8 Å². The molecule has 1 aromatic heterocycles. The third-order valence-electron chi connectivity index (χ3n) is 5.68. The molecular formula is C25H19ClFN3O2. The van der Waals surface area contributed by atoms with Crippen molar-refractivity contribution in [2.24, 2.45) is 0 Å². The number of carbonyl (C=O) groups excluding carboxylic acids is 1. The van der Waals surface area contributed by atoms with Gasteiger partial charge in [0.15, 0.2) is 0 Å². The number of aromatic nitrogens is 2. The van der Waals surface area contributed by atoms with E-state index in [4.69, 9.17) is 16.3 Å². The summed E-state index contributed by atoms with van der Waals surface area (Å²) in [4.78, 5) is 15.2. The molecule has 1 atom stereocenters. The van der Waals surface area contributed by atoms with Gasteiger partial charge in [0.2, 0.25) is 0 Å². The number of ether oxygens (including phenoxy) is 1. The summed E-state index contributed by atoms with van der Waals surface area (Å²) >= 11 is 6.06. The van der Waals surface area contributed by atoms with Gasteiger partial charge < -0.3 is 9.64 Å². The summed E-state index contributed by atoms with van der Waals surface area (Å²) in [7, 11) is 1.61. The topological polar surface area (TPSA) is 58.2 Å². The van der Waals surface area contributed by atoms with E-state index in [1.54, 1.807) is 36.3 Å². The smallest absolute Gasteiger partial charge is 0.273 e. The molecule has 5 rings (SSSR count). The standard InChI is InChI=1S/C25H19ClFN3O2/c1-32-20-12-6-17(7-13-20)24-21-22(16-4-8-18(26)9-5-16)28-29-23(21)25(31)30(24)14-15-2-10-19(27)11-3-15/h2-13,24H,14H2,1H3,(H,28,29). The Morgan fingerprint density at radius 1 is 1.03 bits per heavy atom. The Bertz CT molecular complexity index is 1270. The van der Waals surface area contributed by atoms with Crippen LogP contribution in [0.15, 0.2) is 72.8 Å². The molecule has 4 aromatic rings. The van der Waals surface area contributed by atoms with E-state index >= 15 is 0 Å². The lowest BCUT2D eigenvalue weighted by atomic mass is 9.96. The van der Waals surface area contributed by atoms with E-state index in [9.17, 15) is 9.18 Å². The molecule has 1 N–H and O–H groups in total. The van der Waals surface area contributed by atoms with Crippen molar-refractivity contribution >= 4 is 17.5 Å². The van der Waals surface area contributed by atoms with E-state index in [0.29, 0.717) is 23.0 Å². The van der Waals surface area contributed by atoms with Crippen LogP contribution in [-0.2, 0) is 6.54 Å². The lowest BCUT2D eigenvalue weighted by Gasteiger charge is -2.26. The number of fused-ring (bicyclic) bond motifs is 1. The van der Waals surface area contributed by atoms with Gasteiger partial charge in [0, 0.05) is 22.7 Å². The molecule has 0 spiro atoms. The molecule has 0 saturated heterocycles. The van der Waals surface area contributed by atoms with Gasteiger partial charge in [-0.05, 0) is 47.5 Å². The Morgan fingerprint density at radius 2 is 1.72 bits per heavy atom. The van der Waals surface area contributed by atoms with Crippen LogP contribution in [-0.4, -0.2) is 28.1 Å². The van der Waals surface area contributed by atoms with Crippen LogP contribution in [0.1, 0.15) is 33.2 Å². The number of amides is 1. The summed E-state index contributed by atoms with van der Waals surface area (Å²) < 4.78 is 18.7. The molecule has 0 saturated carbocycles. The molecule has 1 unspecified atom stereocenters. The SMILES string of the molecule is COc1ccc(C2c3c(-c4ccc(Cl)cc4)n[nH]c3C(=O)N2Cc2ccc(F)cc2)cc1. The number of methoxy groups -OCH3 is 1. The maximum Gasteiger partial charge on any atom is 0.273 e. The summed E-state index contributed by atoms with van der Waals surface area (Å²) in [6.07, 6.45) is 0. The first kappa shape index (κ1) is 20.3. The Hall–Kier alpha value is -3.64. The zero-order valence-corrected chi connectivity index (χ0v) is 17.9. The molecule has 2 heterocycles. The van der Waals surface area contributed by atoms with Crippen molar-refractivity contribution in [1.29, 1.82) is 0 Å². The van der Waals surface area contributed by atoms with Gasteiger partial charge in [-0.2, -0.15) is 5.10 Å². The van der Waals surface area contributed by atoms with Crippen molar-refractivity contribution in [2.45, 2.75) is 12.6 Å². The second-order valence-corrected chi connectivity index (χ2v) is 8.04. The minimum absolute atomic E-state index is 0.155. The van der Waals surface area contributed by atoms with Crippen LogP contribution < -0.4 is 4.74 Å². The molecular weight excluding hydrogens is 429 g/mol. The van der Waals surface area contributed by atoms with Gasteiger partial charge in [-0.3, -0.25) is 9.89 Å². The van der Waals surface area contributed by atoms with E-state index in [0.717, 1.165) is 28.0 Å². The molecule has 0 aliphatic carbocycles. The zero-order chi connectivity index (χ0) is 22.2. The average Bonchev–Trinajstić information content (AvgIpc) is 3.35. The van der Waals surface area contributed by atoms with Crippen molar-refractivity contribution in [2.75, 3.05) is 7.11 Å². The maximum atomic E-state index is 13.4. The molecule has 160 valence electrons. The molecule has 1 aliphatic rings. The second kappa shape index (κ2) is 8.13. The highest BCUT2D eigenvalue weighted by atomic mass is 35.5. The zero-order valence-electron chi connectivity index (χ0n) is 17.2. The van der Waals surface area contributed by atoms with Crippen LogP contribution >= 0.6 is 11.6 Å². The number of hydrogen-bond acceptors (Lipinski definition) is 3. The van der Waals surface area contributed by atoms with E-state index in [2.05, 4.69) is 10.2 Å². The third kappa shape index (κ3) is 3.52. The molecule has 0 radical (unpaired) electrons. The number of hydrogen-bond donors (Lipinski definition) is 1. The lowest BCUT2D eigenvalue weighted by Crippen LogP contribution is -2.29.